The molecule has 0 aliphatic carbocycles. The maximum atomic E-state index is 12.1. The van der Waals surface area contributed by atoms with Crippen LogP contribution in [0.1, 0.15) is 53.4 Å². The first-order valence-electron chi connectivity index (χ1n) is 10.6. The van der Waals surface area contributed by atoms with Gasteiger partial charge < -0.3 is 23.0 Å². The molecule has 0 aliphatic rings. The molecule has 0 rings (SSSR count). The zero-order valence-corrected chi connectivity index (χ0v) is 20.5. The Balaban J connectivity index is 3.85. The molecular formula is C19H43NO5Si2. The van der Waals surface area contributed by atoms with Crippen molar-refractivity contribution in [1.29, 1.82) is 0 Å². The van der Waals surface area contributed by atoms with Crippen LogP contribution in [0.5, 0.6) is 0 Å². The van der Waals surface area contributed by atoms with E-state index in [1.807, 2.05) is 27.7 Å². The Labute approximate surface area is 169 Å². The highest BCUT2D eigenvalue weighted by molar-refractivity contribution is 6.66. The topological polar surface area (TPSA) is 66.0 Å². The van der Waals surface area contributed by atoms with Crippen molar-refractivity contribution < 1.29 is 22.5 Å². The molecule has 8 heteroatoms. The van der Waals surface area contributed by atoms with Crippen LogP contribution in [-0.2, 0) is 22.5 Å². The molecule has 0 fully saturated rings. The van der Waals surface area contributed by atoms with Crippen molar-refractivity contribution >= 4 is 22.9 Å². The third-order valence-corrected chi connectivity index (χ3v) is 10.6. The molecule has 0 amide bonds. The smallest absolute Gasteiger partial charge is 0.334 e. The predicted molar refractivity (Wildman–Crippen MR) is 116 cm³/mol. The van der Waals surface area contributed by atoms with E-state index in [4.69, 9.17) is 17.7 Å². The van der Waals surface area contributed by atoms with Crippen LogP contribution in [0.2, 0.25) is 25.2 Å². The fraction of sp³-hybridized carbons (Fsp3) is 0.947. The number of Topliss-reactive ketones (excluding diaryl/α,β-unsaturated/α-hetero) is 1. The van der Waals surface area contributed by atoms with Gasteiger partial charge >= 0.3 is 17.1 Å². The molecule has 162 valence electrons. The number of hydrogen-bond donors (Lipinski definition) is 1. The van der Waals surface area contributed by atoms with E-state index in [0.29, 0.717) is 45.1 Å². The summed E-state index contributed by atoms with van der Waals surface area (Å²) in [4.78, 5) is 12.1. The van der Waals surface area contributed by atoms with Gasteiger partial charge in [-0.05, 0) is 72.3 Å². The van der Waals surface area contributed by atoms with Gasteiger partial charge in [0.25, 0.3) is 0 Å². The second-order valence-electron chi connectivity index (χ2n) is 7.00. The van der Waals surface area contributed by atoms with Gasteiger partial charge in [-0.15, -0.1) is 0 Å². The Hall–Kier alpha value is -0.0962. The van der Waals surface area contributed by atoms with Crippen LogP contribution in [0.4, 0.5) is 0 Å². The Morgan fingerprint density at radius 2 is 1.15 bits per heavy atom. The minimum Gasteiger partial charge on any atom is -0.395 e. The van der Waals surface area contributed by atoms with Crippen molar-refractivity contribution in [3.63, 3.8) is 0 Å². The molecule has 0 saturated heterocycles. The third-order valence-electron chi connectivity index (χ3n) is 4.45. The molecule has 0 atom stereocenters. The highest BCUT2D eigenvalue weighted by Gasteiger charge is 2.30. The summed E-state index contributed by atoms with van der Waals surface area (Å²) >= 11 is 0. The normalized spacial score (nSPS) is 12.5. The standard InChI is InChI=1S/C19H43NO5Si2/c1-7-22-26(5,23-8-2)17-11-13-19(21)14-16-20-15-12-18-27(6,24-9-3)25-10-4/h20H,7-18H2,1-6H3. The molecule has 6 nitrogen and oxygen atoms in total. The summed E-state index contributed by atoms with van der Waals surface area (Å²) in [6.45, 7) is 16.6. The number of rotatable bonds is 19. The lowest BCUT2D eigenvalue weighted by Crippen LogP contribution is -2.39. The number of carbonyl (C=O) groups is 1. The highest BCUT2D eigenvalue weighted by atomic mass is 28.4. The van der Waals surface area contributed by atoms with Crippen LogP contribution in [-0.4, -0.2) is 62.4 Å². The van der Waals surface area contributed by atoms with E-state index in [2.05, 4.69) is 18.4 Å². The molecule has 0 aromatic carbocycles. The van der Waals surface area contributed by atoms with Crippen LogP contribution >= 0.6 is 0 Å². The number of carbonyl (C=O) groups excluding carboxylic acids is 1. The van der Waals surface area contributed by atoms with Crippen LogP contribution < -0.4 is 5.32 Å². The molecule has 0 aromatic rings. The van der Waals surface area contributed by atoms with E-state index >= 15 is 0 Å². The molecular weight excluding hydrogens is 378 g/mol. The maximum absolute atomic E-state index is 12.1. The molecule has 0 aliphatic heterocycles. The number of nitrogens with one attached hydrogen (secondary N) is 1. The number of hydrogen-bond acceptors (Lipinski definition) is 6. The Morgan fingerprint density at radius 1 is 0.704 bits per heavy atom. The SMILES string of the molecule is CCO[Si](C)(CCCNCCC(=O)CCC[Si](C)(OCC)OCC)OCC. The van der Waals surface area contributed by atoms with Crippen molar-refractivity contribution in [2.45, 2.75) is 78.6 Å². The molecule has 0 heterocycles. The van der Waals surface area contributed by atoms with Crippen LogP contribution in [0.15, 0.2) is 0 Å². The minimum absolute atomic E-state index is 0.315. The first-order valence-corrected chi connectivity index (χ1v) is 15.7. The van der Waals surface area contributed by atoms with Crippen molar-refractivity contribution in [2.24, 2.45) is 0 Å². The summed E-state index contributed by atoms with van der Waals surface area (Å²) in [5.74, 6) is 0.315. The minimum atomic E-state index is -2.08. The van der Waals surface area contributed by atoms with Crippen molar-refractivity contribution in [3.8, 4) is 0 Å². The summed E-state index contributed by atoms with van der Waals surface area (Å²) in [7, 11) is -4.09. The van der Waals surface area contributed by atoms with E-state index in [1.54, 1.807) is 0 Å². The van der Waals surface area contributed by atoms with E-state index in [-0.39, 0.29) is 0 Å². The van der Waals surface area contributed by atoms with Gasteiger partial charge in [0.1, 0.15) is 5.78 Å². The van der Waals surface area contributed by atoms with Gasteiger partial charge in [-0.2, -0.15) is 0 Å². The summed E-state index contributed by atoms with van der Waals surface area (Å²) < 4.78 is 23.3. The van der Waals surface area contributed by atoms with Crippen LogP contribution in [0.3, 0.4) is 0 Å². The Bertz CT molecular complexity index is 373. The van der Waals surface area contributed by atoms with E-state index in [9.17, 15) is 4.79 Å². The summed E-state index contributed by atoms with van der Waals surface area (Å²) in [5.41, 5.74) is 0. The van der Waals surface area contributed by atoms with Gasteiger partial charge in [0, 0.05) is 45.8 Å². The van der Waals surface area contributed by atoms with Crippen molar-refractivity contribution in [3.05, 3.63) is 0 Å². The summed E-state index contributed by atoms with van der Waals surface area (Å²) in [5, 5.41) is 3.37. The van der Waals surface area contributed by atoms with Crippen molar-refractivity contribution in [1.82, 2.24) is 5.32 Å². The van der Waals surface area contributed by atoms with Gasteiger partial charge in [-0.25, -0.2) is 0 Å². The van der Waals surface area contributed by atoms with Crippen molar-refractivity contribution in [2.75, 3.05) is 39.5 Å². The van der Waals surface area contributed by atoms with Gasteiger partial charge in [-0.1, -0.05) is 0 Å². The zero-order valence-electron chi connectivity index (χ0n) is 18.5. The summed E-state index contributed by atoms with van der Waals surface area (Å²) in [6.07, 6.45) is 3.08. The lowest BCUT2D eigenvalue weighted by Gasteiger charge is -2.26. The average molecular weight is 422 g/mol. The Kier molecular flexibility index (Phi) is 15.7. The molecule has 0 radical (unpaired) electrons. The van der Waals surface area contributed by atoms with E-state index in [1.165, 1.54) is 0 Å². The van der Waals surface area contributed by atoms with E-state index in [0.717, 1.165) is 38.0 Å². The lowest BCUT2D eigenvalue weighted by molar-refractivity contribution is -0.119. The fourth-order valence-corrected chi connectivity index (χ4v) is 8.04. The number of ketones is 1. The maximum Gasteiger partial charge on any atom is 0.334 e. The highest BCUT2D eigenvalue weighted by Crippen LogP contribution is 2.18. The van der Waals surface area contributed by atoms with E-state index < -0.39 is 17.1 Å². The summed E-state index contributed by atoms with van der Waals surface area (Å²) in [6, 6.07) is 1.86. The molecule has 1 N–H and O–H groups in total. The molecule has 0 bridgehead atoms. The first-order chi connectivity index (χ1) is 12.8. The first kappa shape index (κ1) is 26.9. The van der Waals surface area contributed by atoms with Crippen LogP contribution in [0, 0.1) is 0 Å². The molecule has 27 heavy (non-hydrogen) atoms. The molecule has 0 saturated carbocycles. The fourth-order valence-electron chi connectivity index (χ4n) is 3.21. The monoisotopic (exact) mass is 421 g/mol. The van der Waals surface area contributed by atoms with Gasteiger partial charge in [0.05, 0.1) is 0 Å². The average Bonchev–Trinajstić information content (AvgIpc) is 2.59. The second-order valence-corrected chi connectivity index (χ2v) is 13.7. The molecule has 0 unspecified atom stereocenters. The largest absolute Gasteiger partial charge is 0.395 e. The second kappa shape index (κ2) is 15.8. The van der Waals surface area contributed by atoms with Gasteiger partial charge in [0.2, 0.25) is 0 Å². The molecule has 0 aromatic heterocycles. The van der Waals surface area contributed by atoms with Gasteiger partial charge in [0.15, 0.2) is 0 Å². The quantitative estimate of drug-likeness (QED) is 0.251. The lowest BCUT2D eigenvalue weighted by atomic mass is 10.2. The predicted octanol–water partition coefficient (Wildman–Crippen LogP) is 4.00. The Morgan fingerprint density at radius 3 is 1.59 bits per heavy atom. The third kappa shape index (κ3) is 13.7. The van der Waals surface area contributed by atoms with Crippen LogP contribution in [0.25, 0.3) is 0 Å². The zero-order chi connectivity index (χ0) is 20.6. The molecule has 0 spiro atoms. The van der Waals surface area contributed by atoms with Gasteiger partial charge in [-0.3, -0.25) is 4.79 Å².